The van der Waals surface area contributed by atoms with Crippen LogP contribution in [0.5, 0.6) is 5.75 Å². The van der Waals surface area contributed by atoms with Crippen LogP contribution in [0, 0.1) is 0 Å². The van der Waals surface area contributed by atoms with E-state index >= 15 is 0 Å². The van der Waals surface area contributed by atoms with Gasteiger partial charge in [0.15, 0.2) is 0 Å². The van der Waals surface area contributed by atoms with Crippen molar-refractivity contribution >= 4 is 0 Å². The fourth-order valence-corrected chi connectivity index (χ4v) is 1.85. The lowest BCUT2D eigenvalue weighted by Crippen LogP contribution is -2.05. The first-order valence-corrected chi connectivity index (χ1v) is 5.13. The molecule has 0 radical (unpaired) electrons. The number of rotatable bonds is 1. The van der Waals surface area contributed by atoms with Gasteiger partial charge in [-0.05, 0) is 19.1 Å². The molecule has 1 aliphatic heterocycles. The predicted octanol–water partition coefficient (Wildman–Crippen LogP) is 2.93. The summed E-state index contributed by atoms with van der Waals surface area (Å²) < 4.78 is 5.74. The summed E-state index contributed by atoms with van der Waals surface area (Å²) >= 11 is 0. The van der Waals surface area contributed by atoms with Crippen molar-refractivity contribution in [1.82, 2.24) is 0 Å². The molecular weight excluding hydrogens is 186 g/mol. The van der Waals surface area contributed by atoms with Crippen LogP contribution in [0.4, 0.5) is 0 Å². The molecule has 1 aliphatic rings. The molecule has 78 valence electrons. The van der Waals surface area contributed by atoms with Gasteiger partial charge in [-0.1, -0.05) is 31.2 Å². The number of allylic oxidation sites excluding steroid dienone is 3. The summed E-state index contributed by atoms with van der Waals surface area (Å²) in [5, 5.41) is 0. The first kappa shape index (κ1) is 9.84. The van der Waals surface area contributed by atoms with Gasteiger partial charge in [0.25, 0.3) is 0 Å². The van der Waals surface area contributed by atoms with E-state index in [9.17, 15) is 0 Å². The van der Waals surface area contributed by atoms with Crippen molar-refractivity contribution in [2.45, 2.75) is 19.8 Å². The Morgan fingerprint density at radius 3 is 2.80 bits per heavy atom. The van der Waals surface area contributed by atoms with Gasteiger partial charge >= 0.3 is 0 Å². The van der Waals surface area contributed by atoms with Crippen LogP contribution >= 0.6 is 0 Å². The molecule has 0 saturated heterocycles. The quantitative estimate of drug-likeness (QED) is 0.758. The Morgan fingerprint density at radius 1 is 1.40 bits per heavy atom. The number of hydrogen-bond acceptors (Lipinski definition) is 2. The molecule has 1 aromatic carbocycles. The number of hydrogen-bond donors (Lipinski definition) is 1. The fourth-order valence-electron chi connectivity index (χ4n) is 1.85. The third-order valence-electron chi connectivity index (χ3n) is 2.63. The Morgan fingerprint density at radius 2 is 2.13 bits per heavy atom. The number of fused-ring (bicyclic) bond motifs is 1. The van der Waals surface area contributed by atoms with Crippen LogP contribution < -0.4 is 10.5 Å². The zero-order chi connectivity index (χ0) is 10.8. The van der Waals surface area contributed by atoms with Gasteiger partial charge in [-0.2, -0.15) is 0 Å². The second-order valence-corrected chi connectivity index (χ2v) is 3.68. The molecule has 2 nitrogen and oxygen atoms in total. The van der Waals surface area contributed by atoms with E-state index in [1.807, 2.05) is 37.3 Å². The van der Waals surface area contributed by atoms with Crippen molar-refractivity contribution in [1.29, 1.82) is 0 Å². The van der Waals surface area contributed by atoms with E-state index in [4.69, 9.17) is 10.5 Å². The summed E-state index contributed by atoms with van der Waals surface area (Å²) in [6.45, 7) is 4.05. The normalized spacial score (nSPS) is 22.7. The third kappa shape index (κ3) is 1.63. The molecule has 1 heterocycles. The average molecular weight is 201 g/mol. The summed E-state index contributed by atoms with van der Waals surface area (Å²) in [7, 11) is 0. The van der Waals surface area contributed by atoms with E-state index in [0.29, 0.717) is 5.70 Å². The highest BCUT2D eigenvalue weighted by atomic mass is 16.5. The molecule has 0 amide bonds. The van der Waals surface area contributed by atoms with Crippen LogP contribution in [0.3, 0.4) is 0 Å². The second kappa shape index (κ2) is 3.81. The van der Waals surface area contributed by atoms with E-state index in [0.717, 1.165) is 11.5 Å². The molecule has 2 N–H and O–H groups in total. The molecule has 1 atom stereocenters. The number of nitrogens with two attached hydrogens (primary N) is 1. The van der Waals surface area contributed by atoms with Crippen molar-refractivity contribution in [2.24, 2.45) is 5.73 Å². The highest BCUT2D eigenvalue weighted by Crippen LogP contribution is 2.40. The van der Waals surface area contributed by atoms with Gasteiger partial charge in [0.1, 0.15) is 11.5 Å². The fraction of sp³-hybridized carbons (Fsp3) is 0.231. The molecule has 0 saturated carbocycles. The summed E-state index contributed by atoms with van der Waals surface area (Å²) in [6.07, 6.45) is 3.79. The van der Waals surface area contributed by atoms with E-state index in [-0.39, 0.29) is 5.92 Å². The zero-order valence-electron chi connectivity index (χ0n) is 9.03. The Balaban J connectivity index is 2.43. The molecule has 2 heteroatoms. The number of benzene rings is 1. The molecule has 1 aromatic rings. The Labute approximate surface area is 90.1 Å². The first-order chi connectivity index (χ1) is 7.24. The predicted molar refractivity (Wildman–Crippen MR) is 61.5 cm³/mol. The largest absolute Gasteiger partial charge is 0.459 e. The molecule has 0 bridgehead atoms. The molecular formula is C13H15NO. The maximum atomic E-state index is 5.93. The average Bonchev–Trinajstić information content (AvgIpc) is 2.57. The maximum Gasteiger partial charge on any atom is 0.134 e. The molecule has 0 spiro atoms. The van der Waals surface area contributed by atoms with Gasteiger partial charge in [-0.15, -0.1) is 0 Å². The van der Waals surface area contributed by atoms with Gasteiger partial charge in [0.05, 0.1) is 5.70 Å². The second-order valence-electron chi connectivity index (χ2n) is 3.68. The molecule has 15 heavy (non-hydrogen) atoms. The Hall–Kier alpha value is -1.70. The minimum Gasteiger partial charge on any atom is -0.459 e. The van der Waals surface area contributed by atoms with E-state index < -0.39 is 0 Å². The van der Waals surface area contributed by atoms with Crippen molar-refractivity contribution in [3.05, 3.63) is 53.4 Å². The lowest BCUT2D eigenvalue weighted by molar-refractivity contribution is 0.426. The molecule has 0 aromatic heterocycles. The molecule has 0 aliphatic carbocycles. The Kier molecular flexibility index (Phi) is 2.50. The minimum absolute atomic E-state index is 0.248. The highest BCUT2D eigenvalue weighted by molar-refractivity contribution is 5.47. The van der Waals surface area contributed by atoms with Gasteiger partial charge < -0.3 is 10.5 Å². The summed E-state index contributed by atoms with van der Waals surface area (Å²) in [6, 6.07) is 8.05. The van der Waals surface area contributed by atoms with Crippen molar-refractivity contribution < 1.29 is 4.74 Å². The van der Waals surface area contributed by atoms with E-state index in [1.54, 1.807) is 0 Å². The van der Waals surface area contributed by atoms with Crippen LogP contribution in [0.2, 0.25) is 0 Å². The summed E-state index contributed by atoms with van der Waals surface area (Å²) in [5.41, 5.74) is 7.84. The van der Waals surface area contributed by atoms with Crippen LogP contribution in [0.1, 0.15) is 25.3 Å². The number of para-hydroxylation sites is 1. The smallest absolute Gasteiger partial charge is 0.134 e. The van der Waals surface area contributed by atoms with Crippen LogP contribution in [-0.4, -0.2) is 0 Å². The third-order valence-corrected chi connectivity index (χ3v) is 2.63. The van der Waals surface area contributed by atoms with Gasteiger partial charge in [0, 0.05) is 11.5 Å². The lowest BCUT2D eigenvalue weighted by atomic mass is 10.00. The first-order valence-electron chi connectivity index (χ1n) is 5.13. The van der Waals surface area contributed by atoms with Crippen molar-refractivity contribution in [3.63, 3.8) is 0 Å². The van der Waals surface area contributed by atoms with Crippen molar-refractivity contribution in [2.75, 3.05) is 0 Å². The topological polar surface area (TPSA) is 35.2 Å². The number of ether oxygens (including phenoxy) is 1. The van der Waals surface area contributed by atoms with Crippen molar-refractivity contribution in [3.8, 4) is 5.75 Å². The highest BCUT2D eigenvalue weighted by Gasteiger charge is 2.26. The summed E-state index contributed by atoms with van der Waals surface area (Å²) in [5.74, 6) is 2.03. The lowest BCUT2D eigenvalue weighted by Gasteiger charge is -2.06. The van der Waals surface area contributed by atoms with E-state index in [2.05, 4.69) is 13.0 Å². The zero-order valence-corrected chi connectivity index (χ0v) is 9.03. The van der Waals surface area contributed by atoms with Crippen LogP contribution in [0.15, 0.2) is 47.9 Å². The van der Waals surface area contributed by atoms with Gasteiger partial charge in [-0.25, -0.2) is 0 Å². The van der Waals surface area contributed by atoms with Crippen LogP contribution in [-0.2, 0) is 0 Å². The SMILES string of the molecule is C/C=C\C(N)=C1\Oc2ccccc2C1C. The van der Waals surface area contributed by atoms with Crippen LogP contribution in [0.25, 0.3) is 0 Å². The monoisotopic (exact) mass is 201 g/mol. The Bertz CT molecular complexity index is 432. The molecule has 2 rings (SSSR count). The molecule has 1 unspecified atom stereocenters. The maximum absolute atomic E-state index is 5.93. The minimum atomic E-state index is 0.248. The van der Waals surface area contributed by atoms with E-state index in [1.165, 1.54) is 5.56 Å². The van der Waals surface area contributed by atoms with Gasteiger partial charge in [0.2, 0.25) is 0 Å². The summed E-state index contributed by atoms with van der Waals surface area (Å²) in [4.78, 5) is 0. The standard InChI is InChI=1S/C13H15NO/c1-3-6-11(14)13-9(2)10-7-4-5-8-12(10)15-13/h3-9H,14H2,1-2H3/b6-3-,13-11-. The molecule has 0 fully saturated rings. The van der Waals surface area contributed by atoms with Gasteiger partial charge in [-0.3, -0.25) is 0 Å².